The summed E-state index contributed by atoms with van der Waals surface area (Å²) in [4.78, 5) is 22.8. The van der Waals surface area contributed by atoms with E-state index in [9.17, 15) is 4.79 Å². The molecule has 2 heterocycles. The number of thiophene rings is 1. The Bertz CT molecular complexity index is 1040. The number of benzene rings is 1. The number of hydrogen-bond acceptors (Lipinski definition) is 5. The van der Waals surface area contributed by atoms with Crippen molar-refractivity contribution in [3.05, 3.63) is 56.4 Å². The monoisotopic (exact) mass is 397 g/mol. The number of aromatic amines is 1. The number of nitrogens with zero attached hydrogens (tertiary/aromatic N) is 1. The van der Waals surface area contributed by atoms with E-state index in [0.29, 0.717) is 11.7 Å². The Balaban J connectivity index is 1.50. The largest absolute Gasteiger partial charge is 0.496 e. The molecule has 0 radical (unpaired) electrons. The number of para-hydroxylation sites is 1. The number of ether oxygens (including phenoxy) is 1. The first-order valence-electron chi connectivity index (χ1n) is 9.96. The first kappa shape index (κ1) is 19.2. The average molecular weight is 398 g/mol. The molecule has 0 saturated heterocycles. The summed E-state index contributed by atoms with van der Waals surface area (Å²) in [6, 6.07) is 8.03. The molecule has 6 heteroatoms. The Morgan fingerprint density at radius 1 is 1.39 bits per heavy atom. The standard InChI is InChI=1S/C22H27N3O2S/c1-13-8-9-16-18(12-13)28-22-19(16)21(26)24-20(25-22)14(2)23-11-10-15-6-4-5-7-17(15)27-3/h4-7,13-14,23H,8-12H2,1-3H3,(H,24,25,26)/t13-,14+/m0/s1. The predicted molar refractivity (Wildman–Crippen MR) is 115 cm³/mol. The molecule has 2 aromatic heterocycles. The van der Waals surface area contributed by atoms with Crippen molar-refractivity contribution in [1.29, 1.82) is 0 Å². The van der Waals surface area contributed by atoms with Gasteiger partial charge in [0.25, 0.3) is 5.56 Å². The van der Waals surface area contributed by atoms with Gasteiger partial charge in [-0.2, -0.15) is 0 Å². The minimum atomic E-state index is -0.0233. The molecule has 0 saturated carbocycles. The molecule has 0 fully saturated rings. The van der Waals surface area contributed by atoms with E-state index in [1.165, 1.54) is 16.0 Å². The molecular weight excluding hydrogens is 370 g/mol. The van der Waals surface area contributed by atoms with Crippen LogP contribution >= 0.6 is 11.3 Å². The molecule has 0 amide bonds. The lowest BCUT2D eigenvalue weighted by molar-refractivity contribution is 0.408. The summed E-state index contributed by atoms with van der Waals surface area (Å²) in [5.41, 5.74) is 2.40. The Morgan fingerprint density at radius 3 is 3.04 bits per heavy atom. The molecule has 2 N–H and O–H groups in total. The predicted octanol–water partition coefficient (Wildman–Crippen LogP) is 4.01. The van der Waals surface area contributed by atoms with E-state index >= 15 is 0 Å². The minimum absolute atomic E-state index is 0.00503. The zero-order valence-corrected chi connectivity index (χ0v) is 17.5. The Labute approximate surface area is 169 Å². The molecule has 2 atom stereocenters. The number of aryl methyl sites for hydroxylation is 1. The average Bonchev–Trinajstić information content (AvgIpc) is 3.06. The van der Waals surface area contributed by atoms with Crippen molar-refractivity contribution in [2.75, 3.05) is 13.7 Å². The number of methoxy groups -OCH3 is 1. The van der Waals surface area contributed by atoms with Gasteiger partial charge in [-0.1, -0.05) is 25.1 Å². The van der Waals surface area contributed by atoms with Gasteiger partial charge in [0.1, 0.15) is 16.4 Å². The topological polar surface area (TPSA) is 67.0 Å². The van der Waals surface area contributed by atoms with Crippen LogP contribution < -0.4 is 15.6 Å². The fraction of sp³-hybridized carbons (Fsp3) is 0.455. The molecule has 1 aliphatic carbocycles. The van der Waals surface area contributed by atoms with E-state index in [2.05, 4.69) is 23.3 Å². The van der Waals surface area contributed by atoms with Crippen molar-refractivity contribution in [2.45, 2.75) is 45.6 Å². The second-order valence-corrected chi connectivity index (χ2v) is 8.80. The minimum Gasteiger partial charge on any atom is -0.496 e. The molecule has 0 aliphatic heterocycles. The zero-order chi connectivity index (χ0) is 19.7. The van der Waals surface area contributed by atoms with E-state index < -0.39 is 0 Å². The molecule has 3 aromatic rings. The van der Waals surface area contributed by atoms with Crippen LogP contribution in [0.2, 0.25) is 0 Å². The van der Waals surface area contributed by atoms with E-state index in [4.69, 9.17) is 9.72 Å². The molecule has 0 spiro atoms. The molecule has 148 valence electrons. The van der Waals surface area contributed by atoms with Gasteiger partial charge in [-0.05, 0) is 62.3 Å². The van der Waals surface area contributed by atoms with Gasteiger partial charge < -0.3 is 15.0 Å². The van der Waals surface area contributed by atoms with E-state index in [1.54, 1.807) is 18.4 Å². The highest BCUT2D eigenvalue weighted by molar-refractivity contribution is 7.18. The highest BCUT2D eigenvalue weighted by Crippen LogP contribution is 2.35. The zero-order valence-electron chi connectivity index (χ0n) is 16.7. The third kappa shape index (κ3) is 3.71. The van der Waals surface area contributed by atoms with Crippen molar-refractivity contribution in [3.8, 4) is 5.75 Å². The van der Waals surface area contributed by atoms with Crippen LogP contribution in [0.5, 0.6) is 5.75 Å². The second kappa shape index (κ2) is 8.05. The van der Waals surface area contributed by atoms with E-state index in [0.717, 1.165) is 48.2 Å². The molecular formula is C22H27N3O2S. The Hall–Kier alpha value is -2.18. The number of hydrogen-bond donors (Lipinski definition) is 2. The SMILES string of the molecule is COc1ccccc1CCN[C@H](C)c1nc2sc3c(c2c(=O)[nH]1)CC[C@H](C)C3. The quantitative estimate of drug-likeness (QED) is 0.659. The number of nitrogens with one attached hydrogen (secondary N) is 2. The summed E-state index contributed by atoms with van der Waals surface area (Å²) in [6.07, 6.45) is 4.07. The van der Waals surface area contributed by atoms with E-state index in [1.807, 2.05) is 25.1 Å². The van der Waals surface area contributed by atoms with Crippen LogP contribution in [0.25, 0.3) is 10.2 Å². The van der Waals surface area contributed by atoms with Crippen LogP contribution in [-0.4, -0.2) is 23.6 Å². The van der Waals surface area contributed by atoms with Crippen molar-refractivity contribution in [3.63, 3.8) is 0 Å². The summed E-state index contributed by atoms with van der Waals surface area (Å²) >= 11 is 1.70. The second-order valence-electron chi connectivity index (χ2n) is 7.72. The van der Waals surface area contributed by atoms with Gasteiger partial charge in [0.2, 0.25) is 0 Å². The van der Waals surface area contributed by atoms with Crippen LogP contribution in [0.4, 0.5) is 0 Å². The lowest BCUT2D eigenvalue weighted by Gasteiger charge is -2.17. The smallest absolute Gasteiger partial charge is 0.259 e. The van der Waals surface area contributed by atoms with Crippen molar-refractivity contribution >= 4 is 21.6 Å². The summed E-state index contributed by atoms with van der Waals surface area (Å²) < 4.78 is 5.41. The third-order valence-electron chi connectivity index (χ3n) is 5.63. The maximum absolute atomic E-state index is 12.8. The highest BCUT2D eigenvalue weighted by Gasteiger charge is 2.23. The Kier molecular flexibility index (Phi) is 5.51. The number of aromatic nitrogens is 2. The molecule has 1 aromatic carbocycles. The normalized spacial score (nSPS) is 17.5. The van der Waals surface area contributed by atoms with Gasteiger partial charge in [-0.15, -0.1) is 11.3 Å². The van der Waals surface area contributed by atoms with Crippen LogP contribution in [0.3, 0.4) is 0 Å². The first-order chi connectivity index (χ1) is 13.6. The first-order valence-corrected chi connectivity index (χ1v) is 10.8. The summed E-state index contributed by atoms with van der Waals surface area (Å²) in [7, 11) is 1.69. The van der Waals surface area contributed by atoms with Crippen molar-refractivity contribution < 1.29 is 4.74 Å². The molecule has 1 aliphatic rings. The highest BCUT2D eigenvalue weighted by atomic mass is 32.1. The lowest BCUT2D eigenvalue weighted by atomic mass is 9.89. The fourth-order valence-corrected chi connectivity index (χ4v) is 5.39. The Morgan fingerprint density at radius 2 is 2.21 bits per heavy atom. The number of rotatable bonds is 6. The van der Waals surface area contributed by atoms with Gasteiger partial charge in [0, 0.05) is 4.88 Å². The maximum atomic E-state index is 12.8. The van der Waals surface area contributed by atoms with Crippen LogP contribution in [0.15, 0.2) is 29.1 Å². The van der Waals surface area contributed by atoms with Gasteiger partial charge in [-0.3, -0.25) is 4.79 Å². The molecule has 0 unspecified atom stereocenters. The molecule has 28 heavy (non-hydrogen) atoms. The molecule has 4 rings (SSSR count). The lowest BCUT2D eigenvalue weighted by Crippen LogP contribution is -2.25. The number of fused-ring (bicyclic) bond motifs is 3. The van der Waals surface area contributed by atoms with Crippen LogP contribution in [-0.2, 0) is 19.3 Å². The fourth-order valence-electron chi connectivity index (χ4n) is 4.00. The van der Waals surface area contributed by atoms with Gasteiger partial charge >= 0.3 is 0 Å². The number of H-pyrrole nitrogens is 1. The summed E-state index contributed by atoms with van der Waals surface area (Å²) in [5.74, 6) is 2.31. The summed E-state index contributed by atoms with van der Waals surface area (Å²) in [5, 5.41) is 4.29. The molecule has 5 nitrogen and oxygen atoms in total. The van der Waals surface area contributed by atoms with Crippen molar-refractivity contribution in [1.82, 2.24) is 15.3 Å². The van der Waals surface area contributed by atoms with Crippen molar-refractivity contribution in [2.24, 2.45) is 5.92 Å². The van der Waals surface area contributed by atoms with E-state index in [-0.39, 0.29) is 11.6 Å². The summed E-state index contributed by atoms with van der Waals surface area (Å²) in [6.45, 7) is 5.10. The maximum Gasteiger partial charge on any atom is 0.259 e. The van der Waals surface area contributed by atoms with Gasteiger partial charge in [-0.25, -0.2) is 4.98 Å². The van der Waals surface area contributed by atoms with Crippen LogP contribution in [0.1, 0.15) is 48.1 Å². The molecule has 0 bridgehead atoms. The van der Waals surface area contributed by atoms with Crippen LogP contribution in [0, 0.1) is 5.92 Å². The van der Waals surface area contributed by atoms with Gasteiger partial charge in [0.05, 0.1) is 18.5 Å². The third-order valence-corrected chi connectivity index (χ3v) is 6.78. The van der Waals surface area contributed by atoms with Gasteiger partial charge in [0.15, 0.2) is 0 Å².